The molecule has 0 aromatic carbocycles. The van der Waals surface area contributed by atoms with E-state index in [9.17, 15) is 0 Å². The van der Waals surface area contributed by atoms with E-state index >= 15 is 0 Å². The Bertz CT molecular complexity index is 598. The number of halogens is 2. The fourth-order valence-corrected chi connectivity index (χ4v) is 2.99. The van der Waals surface area contributed by atoms with Crippen LogP contribution in [-0.4, -0.2) is 26.3 Å². The lowest BCUT2D eigenvalue weighted by molar-refractivity contribution is 0.625. The first kappa shape index (κ1) is 12.7. The van der Waals surface area contributed by atoms with Crippen molar-refractivity contribution < 1.29 is 0 Å². The lowest BCUT2D eigenvalue weighted by Crippen LogP contribution is -2.26. The van der Waals surface area contributed by atoms with Crippen LogP contribution in [0.15, 0.2) is 18.6 Å². The van der Waals surface area contributed by atoms with E-state index in [1.54, 1.807) is 18.6 Å². The van der Waals surface area contributed by atoms with E-state index in [-0.39, 0.29) is 6.04 Å². The quantitative estimate of drug-likeness (QED) is 0.855. The number of aromatic nitrogens is 4. The molecule has 19 heavy (non-hydrogen) atoms. The van der Waals surface area contributed by atoms with Crippen molar-refractivity contribution in [3.05, 3.63) is 34.5 Å². The van der Waals surface area contributed by atoms with Gasteiger partial charge in [-0.3, -0.25) is 0 Å². The first-order valence-corrected chi connectivity index (χ1v) is 6.84. The number of rotatable bonds is 2. The van der Waals surface area contributed by atoms with Crippen molar-refractivity contribution in [3.8, 4) is 0 Å². The SMILES string of the molecule is Cn1cnnc1[C@H]1CCCN1c1ncc(Cl)cc1Cl. The van der Waals surface area contributed by atoms with E-state index in [1.165, 1.54) is 0 Å². The molecule has 7 heteroatoms. The average molecular weight is 298 g/mol. The van der Waals surface area contributed by atoms with E-state index in [0.717, 1.165) is 31.0 Å². The third-order valence-corrected chi connectivity index (χ3v) is 3.84. The fourth-order valence-electron chi connectivity index (χ4n) is 2.50. The molecule has 1 saturated heterocycles. The molecular formula is C12H13Cl2N5. The molecular weight excluding hydrogens is 285 g/mol. The zero-order valence-corrected chi connectivity index (χ0v) is 11.9. The van der Waals surface area contributed by atoms with Gasteiger partial charge in [0.15, 0.2) is 5.82 Å². The second kappa shape index (κ2) is 4.98. The summed E-state index contributed by atoms with van der Waals surface area (Å²) in [5.74, 6) is 1.70. The van der Waals surface area contributed by atoms with Crippen molar-refractivity contribution in [1.29, 1.82) is 0 Å². The molecule has 100 valence electrons. The molecule has 3 heterocycles. The second-order valence-electron chi connectivity index (χ2n) is 4.61. The normalized spacial score (nSPS) is 19.1. The van der Waals surface area contributed by atoms with Crippen LogP contribution in [0.2, 0.25) is 10.0 Å². The van der Waals surface area contributed by atoms with Crippen molar-refractivity contribution in [2.24, 2.45) is 7.05 Å². The van der Waals surface area contributed by atoms with Crippen molar-refractivity contribution in [2.45, 2.75) is 18.9 Å². The molecule has 0 saturated carbocycles. The molecule has 0 radical (unpaired) electrons. The van der Waals surface area contributed by atoms with Gasteiger partial charge in [0.2, 0.25) is 0 Å². The molecule has 2 aromatic heterocycles. The summed E-state index contributed by atoms with van der Waals surface area (Å²) < 4.78 is 1.94. The highest BCUT2D eigenvalue weighted by atomic mass is 35.5. The molecule has 0 bridgehead atoms. The standard InChI is InChI=1S/C12H13Cl2N5/c1-18-7-16-17-12(18)10-3-2-4-19(10)11-9(14)5-8(13)6-15-11/h5-7,10H,2-4H2,1H3/t10-/m1/s1. The van der Waals surface area contributed by atoms with Gasteiger partial charge in [-0.2, -0.15) is 0 Å². The largest absolute Gasteiger partial charge is 0.345 e. The van der Waals surface area contributed by atoms with Crippen LogP contribution in [-0.2, 0) is 7.05 Å². The fraction of sp³-hybridized carbons (Fsp3) is 0.417. The van der Waals surface area contributed by atoms with Crippen LogP contribution in [0.1, 0.15) is 24.7 Å². The van der Waals surface area contributed by atoms with Gasteiger partial charge in [-0.15, -0.1) is 10.2 Å². The first-order chi connectivity index (χ1) is 9.16. The second-order valence-corrected chi connectivity index (χ2v) is 5.45. The van der Waals surface area contributed by atoms with Crippen molar-refractivity contribution in [2.75, 3.05) is 11.4 Å². The molecule has 3 rings (SSSR count). The predicted molar refractivity (Wildman–Crippen MR) is 74.6 cm³/mol. The Hall–Kier alpha value is -1.33. The molecule has 5 nitrogen and oxygen atoms in total. The van der Waals surface area contributed by atoms with E-state index in [4.69, 9.17) is 23.2 Å². The molecule has 1 atom stereocenters. The molecule has 0 aliphatic carbocycles. The maximum absolute atomic E-state index is 6.24. The number of pyridine rings is 1. The summed E-state index contributed by atoms with van der Waals surface area (Å²) in [6.07, 6.45) is 5.43. The number of hydrogen-bond acceptors (Lipinski definition) is 4. The minimum absolute atomic E-state index is 0.165. The highest BCUT2D eigenvalue weighted by Gasteiger charge is 2.31. The Morgan fingerprint density at radius 2 is 2.21 bits per heavy atom. The Morgan fingerprint density at radius 3 is 2.89 bits per heavy atom. The van der Waals surface area contributed by atoms with Crippen LogP contribution in [0.3, 0.4) is 0 Å². The number of aryl methyl sites for hydroxylation is 1. The van der Waals surface area contributed by atoms with E-state index in [2.05, 4.69) is 20.1 Å². The smallest absolute Gasteiger partial charge is 0.155 e. The summed E-state index contributed by atoms with van der Waals surface area (Å²) >= 11 is 12.1. The summed E-state index contributed by atoms with van der Waals surface area (Å²) in [5, 5.41) is 9.25. The minimum atomic E-state index is 0.165. The van der Waals surface area contributed by atoms with Crippen LogP contribution in [0.25, 0.3) is 0 Å². The highest BCUT2D eigenvalue weighted by Crippen LogP contribution is 2.37. The Labute approximate surface area is 121 Å². The lowest BCUT2D eigenvalue weighted by atomic mass is 10.2. The monoisotopic (exact) mass is 297 g/mol. The molecule has 1 fully saturated rings. The maximum atomic E-state index is 6.24. The van der Waals surface area contributed by atoms with Crippen molar-refractivity contribution in [1.82, 2.24) is 19.7 Å². The summed E-state index contributed by atoms with van der Waals surface area (Å²) in [4.78, 5) is 6.52. The van der Waals surface area contributed by atoms with Crippen LogP contribution in [0.4, 0.5) is 5.82 Å². The van der Waals surface area contributed by atoms with Crippen molar-refractivity contribution >= 4 is 29.0 Å². The summed E-state index contributed by atoms with van der Waals surface area (Å²) in [6, 6.07) is 1.89. The van der Waals surface area contributed by atoms with Gasteiger partial charge in [0.25, 0.3) is 0 Å². The van der Waals surface area contributed by atoms with Gasteiger partial charge >= 0.3 is 0 Å². The number of hydrogen-bond donors (Lipinski definition) is 0. The summed E-state index contributed by atoms with van der Waals surface area (Å²) in [6.45, 7) is 0.909. The summed E-state index contributed by atoms with van der Waals surface area (Å²) in [5.41, 5.74) is 0. The van der Waals surface area contributed by atoms with Crippen LogP contribution < -0.4 is 4.90 Å². The van der Waals surface area contributed by atoms with Crippen molar-refractivity contribution in [3.63, 3.8) is 0 Å². The topological polar surface area (TPSA) is 46.8 Å². The van der Waals surface area contributed by atoms with Gasteiger partial charge in [-0.05, 0) is 18.9 Å². The van der Waals surface area contributed by atoms with Gasteiger partial charge in [0.05, 0.1) is 16.1 Å². The van der Waals surface area contributed by atoms with E-state index in [1.807, 2.05) is 11.6 Å². The summed E-state index contributed by atoms with van der Waals surface area (Å²) in [7, 11) is 1.95. The maximum Gasteiger partial charge on any atom is 0.155 e. The third-order valence-electron chi connectivity index (χ3n) is 3.36. The number of nitrogens with zero attached hydrogens (tertiary/aromatic N) is 5. The Morgan fingerprint density at radius 1 is 1.37 bits per heavy atom. The minimum Gasteiger partial charge on any atom is -0.345 e. The van der Waals surface area contributed by atoms with Gasteiger partial charge in [-0.1, -0.05) is 23.2 Å². The molecule has 0 unspecified atom stereocenters. The highest BCUT2D eigenvalue weighted by molar-refractivity contribution is 6.36. The predicted octanol–water partition coefficient (Wildman–Crippen LogP) is 2.86. The zero-order valence-electron chi connectivity index (χ0n) is 10.4. The van der Waals surface area contributed by atoms with Gasteiger partial charge in [0.1, 0.15) is 12.1 Å². The van der Waals surface area contributed by atoms with E-state index < -0.39 is 0 Å². The Balaban J connectivity index is 1.97. The van der Waals surface area contributed by atoms with Crippen LogP contribution in [0.5, 0.6) is 0 Å². The van der Waals surface area contributed by atoms with Gasteiger partial charge in [0, 0.05) is 19.8 Å². The molecule has 0 amide bonds. The molecule has 0 N–H and O–H groups in total. The zero-order chi connectivity index (χ0) is 13.4. The van der Waals surface area contributed by atoms with E-state index in [0.29, 0.717) is 10.0 Å². The average Bonchev–Trinajstić information content (AvgIpc) is 2.97. The van der Waals surface area contributed by atoms with Crippen LogP contribution in [0, 0.1) is 0 Å². The Kier molecular flexibility index (Phi) is 3.33. The third kappa shape index (κ3) is 2.28. The number of anilines is 1. The molecule has 0 spiro atoms. The van der Waals surface area contributed by atoms with Gasteiger partial charge in [-0.25, -0.2) is 4.98 Å². The van der Waals surface area contributed by atoms with Crippen LogP contribution >= 0.6 is 23.2 Å². The molecule has 1 aliphatic heterocycles. The lowest BCUT2D eigenvalue weighted by Gasteiger charge is -2.25. The molecule has 2 aromatic rings. The first-order valence-electron chi connectivity index (χ1n) is 6.08. The van der Waals surface area contributed by atoms with Gasteiger partial charge < -0.3 is 9.47 Å². The molecule has 1 aliphatic rings.